The Kier molecular flexibility index (Phi) is 10.8. The second-order valence-electron chi connectivity index (χ2n) is 6.97. The number of carbonyl (C=O) groups is 2. The molecule has 0 fully saturated rings. The molecule has 0 aliphatic heterocycles. The number of esters is 1. The summed E-state index contributed by atoms with van der Waals surface area (Å²) in [6.45, 7) is 6.14. The Labute approximate surface area is 178 Å². The van der Waals surface area contributed by atoms with Gasteiger partial charge in [0.05, 0.1) is 18.6 Å². The Bertz CT molecular complexity index is 803. The van der Waals surface area contributed by atoms with E-state index in [2.05, 4.69) is 21.7 Å². The highest BCUT2D eigenvalue weighted by Crippen LogP contribution is 2.26. The molecule has 1 amide bonds. The van der Waals surface area contributed by atoms with Gasteiger partial charge in [0, 0.05) is 19.5 Å². The van der Waals surface area contributed by atoms with Crippen molar-refractivity contribution in [2.45, 2.75) is 57.4 Å². The fraction of sp³-hybridized carbons (Fsp3) is 0.600. The minimum Gasteiger partial charge on any atom is -0.494 e. The van der Waals surface area contributed by atoms with Gasteiger partial charge in [-0.2, -0.15) is 4.72 Å². The molecule has 0 aliphatic rings. The molecule has 0 saturated heterocycles. The quantitative estimate of drug-likeness (QED) is 0.307. The third kappa shape index (κ3) is 7.92. The molecule has 1 unspecified atom stereocenters. The summed E-state index contributed by atoms with van der Waals surface area (Å²) in [5.74, 6) is -0.249. The van der Waals surface area contributed by atoms with Gasteiger partial charge in [-0.05, 0) is 49.9 Å². The highest BCUT2D eigenvalue weighted by molar-refractivity contribution is 7.89. The zero-order valence-electron chi connectivity index (χ0n) is 18.1. The second kappa shape index (κ2) is 12.5. The number of hydrogen-bond donors (Lipinski definition) is 3. The molecule has 170 valence electrons. The summed E-state index contributed by atoms with van der Waals surface area (Å²) in [6.07, 6.45) is 2.90. The van der Waals surface area contributed by atoms with E-state index in [-0.39, 0.29) is 17.3 Å². The summed E-state index contributed by atoms with van der Waals surface area (Å²) in [6, 6.07) is 2.05. The van der Waals surface area contributed by atoms with Gasteiger partial charge in [-0.1, -0.05) is 13.3 Å². The fourth-order valence-electron chi connectivity index (χ4n) is 2.91. The molecule has 1 atom stereocenters. The summed E-state index contributed by atoms with van der Waals surface area (Å²) in [5, 5.41) is 2.85. The number of sulfonamides is 1. The largest absolute Gasteiger partial charge is 0.494 e. The normalized spacial score (nSPS) is 12.3. The summed E-state index contributed by atoms with van der Waals surface area (Å²) >= 11 is 0. The smallest absolute Gasteiger partial charge is 0.325 e. The standard InChI is InChI=1S/C20H33N3O6S/c1-5-6-9-22-18(24)8-7-10-29-16-11-14(2)19(15(3)12-16)30(26,27)23-17(13-21)20(25)28-4/h11-12,17,23H,5-10,13,21H2,1-4H3,(H,22,24). The van der Waals surface area contributed by atoms with Gasteiger partial charge in [-0.15, -0.1) is 0 Å². The van der Waals surface area contributed by atoms with Gasteiger partial charge in [0.15, 0.2) is 0 Å². The maximum Gasteiger partial charge on any atom is 0.325 e. The van der Waals surface area contributed by atoms with Crippen molar-refractivity contribution in [1.29, 1.82) is 0 Å². The van der Waals surface area contributed by atoms with Gasteiger partial charge in [-0.3, -0.25) is 9.59 Å². The molecule has 0 spiro atoms. The first-order valence-corrected chi connectivity index (χ1v) is 11.5. The molecule has 0 heterocycles. The van der Waals surface area contributed by atoms with Crippen molar-refractivity contribution in [2.24, 2.45) is 5.73 Å². The lowest BCUT2D eigenvalue weighted by Crippen LogP contribution is -2.46. The van der Waals surface area contributed by atoms with Crippen molar-refractivity contribution in [3.05, 3.63) is 23.3 Å². The van der Waals surface area contributed by atoms with E-state index < -0.39 is 22.0 Å². The van der Waals surface area contributed by atoms with Crippen LogP contribution in [0.1, 0.15) is 43.7 Å². The topological polar surface area (TPSA) is 137 Å². The number of nitrogens with one attached hydrogen (secondary N) is 2. The second-order valence-corrected chi connectivity index (χ2v) is 8.63. The Morgan fingerprint density at radius 3 is 2.33 bits per heavy atom. The number of hydrogen-bond acceptors (Lipinski definition) is 7. The minimum absolute atomic E-state index is 0.00742. The molecule has 1 rings (SSSR count). The number of nitrogens with two attached hydrogens (primary N) is 1. The van der Waals surface area contributed by atoms with Crippen molar-refractivity contribution in [3.8, 4) is 5.75 Å². The van der Waals surface area contributed by atoms with E-state index in [1.54, 1.807) is 26.0 Å². The van der Waals surface area contributed by atoms with E-state index >= 15 is 0 Å². The number of benzene rings is 1. The summed E-state index contributed by atoms with van der Waals surface area (Å²) < 4.78 is 38.1. The van der Waals surface area contributed by atoms with Crippen LogP contribution in [0.2, 0.25) is 0 Å². The molecular weight excluding hydrogens is 410 g/mol. The first-order chi connectivity index (χ1) is 14.2. The minimum atomic E-state index is -3.99. The molecule has 0 radical (unpaired) electrons. The molecule has 0 aromatic heterocycles. The highest BCUT2D eigenvalue weighted by Gasteiger charge is 2.28. The van der Waals surface area contributed by atoms with Crippen LogP contribution in [0.5, 0.6) is 5.75 Å². The van der Waals surface area contributed by atoms with Crippen LogP contribution in [0.15, 0.2) is 17.0 Å². The Morgan fingerprint density at radius 1 is 1.17 bits per heavy atom. The molecule has 30 heavy (non-hydrogen) atoms. The molecule has 1 aromatic rings. The van der Waals surface area contributed by atoms with Crippen LogP contribution in [-0.4, -0.2) is 53.1 Å². The maximum absolute atomic E-state index is 12.8. The zero-order chi connectivity index (χ0) is 22.7. The van der Waals surface area contributed by atoms with E-state index in [0.29, 0.717) is 42.9 Å². The first kappa shape index (κ1) is 25.9. The number of aryl methyl sites for hydroxylation is 2. The van der Waals surface area contributed by atoms with Crippen LogP contribution >= 0.6 is 0 Å². The van der Waals surface area contributed by atoms with Gasteiger partial charge in [0.2, 0.25) is 15.9 Å². The molecule has 1 aromatic carbocycles. The van der Waals surface area contributed by atoms with Crippen molar-refractivity contribution < 1.29 is 27.5 Å². The van der Waals surface area contributed by atoms with Crippen molar-refractivity contribution in [2.75, 3.05) is 26.8 Å². The Hall–Kier alpha value is -2.17. The van der Waals surface area contributed by atoms with E-state index in [1.165, 1.54) is 0 Å². The predicted octanol–water partition coefficient (Wildman–Crippen LogP) is 1.16. The molecule has 9 nitrogen and oxygen atoms in total. The lowest BCUT2D eigenvalue weighted by Gasteiger charge is -2.18. The first-order valence-electron chi connectivity index (χ1n) is 9.97. The number of rotatable bonds is 13. The number of methoxy groups -OCH3 is 1. The average Bonchev–Trinajstić information content (AvgIpc) is 2.68. The van der Waals surface area contributed by atoms with E-state index in [9.17, 15) is 18.0 Å². The van der Waals surface area contributed by atoms with Crippen LogP contribution in [-0.2, 0) is 24.3 Å². The third-order valence-corrected chi connectivity index (χ3v) is 6.17. The van der Waals surface area contributed by atoms with Gasteiger partial charge in [0.25, 0.3) is 0 Å². The third-order valence-electron chi connectivity index (χ3n) is 4.39. The van der Waals surface area contributed by atoms with Gasteiger partial charge >= 0.3 is 5.97 Å². The fourth-order valence-corrected chi connectivity index (χ4v) is 4.56. The SMILES string of the molecule is CCCCNC(=O)CCCOc1cc(C)c(S(=O)(=O)NC(CN)C(=O)OC)c(C)c1. The Morgan fingerprint density at radius 2 is 1.80 bits per heavy atom. The zero-order valence-corrected chi connectivity index (χ0v) is 18.9. The molecule has 0 bridgehead atoms. The van der Waals surface area contributed by atoms with Crippen molar-refractivity contribution in [3.63, 3.8) is 0 Å². The van der Waals surface area contributed by atoms with Crippen LogP contribution in [0.4, 0.5) is 0 Å². The maximum atomic E-state index is 12.8. The number of ether oxygens (including phenoxy) is 2. The van der Waals surface area contributed by atoms with Crippen LogP contribution < -0.4 is 20.5 Å². The van der Waals surface area contributed by atoms with E-state index in [0.717, 1.165) is 20.0 Å². The monoisotopic (exact) mass is 443 g/mol. The molecule has 0 saturated carbocycles. The number of carbonyl (C=O) groups excluding carboxylic acids is 2. The van der Waals surface area contributed by atoms with Crippen LogP contribution in [0.25, 0.3) is 0 Å². The molecule has 4 N–H and O–H groups in total. The van der Waals surface area contributed by atoms with Crippen molar-refractivity contribution >= 4 is 21.9 Å². The van der Waals surface area contributed by atoms with Gasteiger partial charge in [-0.25, -0.2) is 8.42 Å². The average molecular weight is 444 g/mol. The highest BCUT2D eigenvalue weighted by atomic mass is 32.2. The number of amides is 1. The molecule has 10 heteroatoms. The summed E-state index contributed by atoms with van der Waals surface area (Å²) in [4.78, 5) is 23.4. The Balaban J connectivity index is 2.75. The molecule has 0 aliphatic carbocycles. The van der Waals surface area contributed by atoms with Crippen molar-refractivity contribution in [1.82, 2.24) is 10.0 Å². The predicted molar refractivity (Wildman–Crippen MR) is 114 cm³/mol. The van der Waals surface area contributed by atoms with Gasteiger partial charge in [0.1, 0.15) is 11.8 Å². The van der Waals surface area contributed by atoms with Crippen LogP contribution in [0.3, 0.4) is 0 Å². The summed E-state index contributed by atoms with van der Waals surface area (Å²) in [7, 11) is -2.83. The number of unbranched alkanes of at least 4 members (excludes halogenated alkanes) is 1. The van der Waals surface area contributed by atoms with E-state index in [4.69, 9.17) is 10.5 Å². The lowest BCUT2D eigenvalue weighted by molar-refractivity contribution is -0.142. The molecular formula is C20H33N3O6S. The van der Waals surface area contributed by atoms with Gasteiger partial charge < -0.3 is 20.5 Å². The summed E-state index contributed by atoms with van der Waals surface area (Å²) in [5.41, 5.74) is 6.42. The van der Waals surface area contributed by atoms with E-state index in [1.807, 2.05) is 0 Å². The lowest BCUT2D eigenvalue weighted by atomic mass is 10.1. The van der Waals surface area contributed by atoms with Crippen LogP contribution in [0, 0.1) is 13.8 Å².